The second-order valence-electron chi connectivity index (χ2n) is 2.61. The first-order valence-electron chi connectivity index (χ1n) is 2.25. The third-order valence-corrected chi connectivity index (χ3v) is 1.34. The van der Waals surface area contributed by atoms with Crippen LogP contribution in [0.5, 0.6) is 0 Å². The van der Waals surface area contributed by atoms with Gasteiger partial charge in [-0.05, 0) is 0 Å². The quantitative estimate of drug-likeness (QED) is 0.169. The predicted octanol–water partition coefficient (Wildman–Crippen LogP) is -1.83. The average molecular weight is 121 g/mol. The Kier molecular flexibility index (Phi) is 5.68. The normalized spacial score (nSPS) is 8.88. The van der Waals surface area contributed by atoms with E-state index in [0.717, 1.165) is 0 Å². The van der Waals surface area contributed by atoms with Crippen LogP contribution in [-0.2, 0) is 0 Å². The Balaban J connectivity index is 0. The van der Waals surface area contributed by atoms with Crippen LogP contribution >= 0.6 is 0 Å². The Labute approximate surface area is 63.1 Å². The minimum atomic E-state index is -1.20. The van der Waals surface area contributed by atoms with Gasteiger partial charge in [-0.15, -0.1) is 0 Å². The van der Waals surface area contributed by atoms with Gasteiger partial charge in [0.1, 0.15) is 0 Å². The van der Waals surface area contributed by atoms with E-state index < -0.39 is 8.07 Å². The van der Waals surface area contributed by atoms with Crippen molar-refractivity contribution in [2.45, 2.75) is 19.6 Å². The molecule has 0 aromatic carbocycles. The Morgan fingerprint density at radius 3 is 1.75 bits per heavy atom. The molecule has 0 bridgehead atoms. The van der Waals surface area contributed by atoms with Crippen LogP contribution in [0.4, 0.5) is 0 Å². The summed E-state index contributed by atoms with van der Waals surface area (Å²) in [4.78, 5) is 2.94. The maximum Gasteiger partial charge on any atom is 1.00 e. The van der Waals surface area contributed by atoms with Crippen LogP contribution < -0.4 is 18.9 Å². The average Bonchev–Trinajstić information content (AvgIpc) is 1.30. The molecule has 0 N–H and O–H groups in total. The van der Waals surface area contributed by atoms with Crippen molar-refractivity contribution < 1.29 is 23.7 Å². The van der Waals surface area contributed by atoms with Crippen LogP contribution in [0.15, 0.2) is 0 Å². The summed E-state index contributed by atoms with van der Waals surface area (Å²) in [6.45, 7) is 6.31. The van der Waals surface area contributed by atoms with E-state index in [0.29, 0.717) is 0 Å². The van der Waals surface area contributed by atoms with Crippen molar-refractivity contribution in [1.29, 1.82) is 0 Å². The maximum atomic E-state index is 8.01. The van der Waals surface area contributed by atoms with E-state index in [1.165, 1.54) is 0 Å². The van der Waals surface area contributed by atoms with Crippen molar-refractivity contribution in [3.63, 3.8) is 0 Å². The summed E-state index contributed by atoms with van der Waals surface area (Å²) in [5.74, 6) is 1.63. The van der Waals surface area contributed by atoms with Crippen LogP contribution in [0.1, 0.15) is 0 Å². The molecule has 0 aromatic rings. The van der Waals surface area contributed by atoms with Crippen molar-refractivity contribution in [3.05, 3.63) is 5.53 Å². The van der Waals surface area contributed by atoms with E-state index in [1.54, 1.807) is 5.84 Å². The summed E-state index contributed by atoms with van der Waals surface area (Å²) in [6, 6.07) is 0. The topological polar surface area (TPSA) is 36.4 Å². The van der Waals surface area contributed by atoms with Crippen LogP contribution in [0.3, 0.4) is 0 Å². The van der Waals surface area contributed by atoms with Gasteiger partial charge in [0.2, 0.25) is 5.84 Å². The zero-order chi connectivity index (χ0) is 5.91. The molecule has 0 heterocycles. The summed E-state index contributed by atoms with van der Waals surface area (Å²) >= 11 is 0. The molecule has 0 saturated carbocycles. The van der Waals surface area contributed by atoms with Gasteiger partial charge in [0.15, 0.2) is 8.07 Å². The van der Waals surface area contributed by atoms with Crippen molar-refractivity contribution in [2.24, 2.45) is 0 Å². The molecular formula is C4H10LiN2Si+. The van der Waals surface area contributed by atoms with Gasteiger partial charge in [-0.1, -0.05) is 19.6 Å². The van der Waals surface area contributed by atoms with Gasteiger partial charge in [-0.2, -0.15) is 4.79 Å². The second kappa shape index (κ2) is 4.11. The van der Waals surface area contributed by atoms with Crippen LogP contribution in [0.2, 0.25) is 19.6 Å². The largest absolute Gasteiger partial charge is 1.00 e. The first-order chi connectivity index (χ1) is 3.06. The molecule has 0 rings (SSSR count). The van der Waals surface area contributed by atoms with E-state index in [4.69, 9.17) is 5.53 Å². The molecule has 0 aromatic heterocycles. The fourth-order valence-electron chi connectivity index (χ4n) is 0.173. The second-order valence-corrected chi connectivity index (χ2v) is 7.60. The first-order valence-corrected chi connectivity index (χ1v) is 5.82. The van der Waals surface area contributed by atoms with E-state index in [-0.39, 0.29) is 18.9 Å². The standard InChI is InChI=1S/C4H10N2Si.Li/c1-7(2,3)4-6-5;/h4H,1-3H3;/q;+1. The Morgan fingerprint density at radius 1 is 1.38 bits per heavy atom. The molecule has 2 nitrogen and oxygen atoms in total. The van der Waals surface area contributed by atoms with Gasteiger partial charge in [0.05, 0.1) is 0 Å². The van der Waals surface area contributed by atoms with Crippen molar-refractivity contribution in [1.82, 2.24) is 0 Å². The third-order valence-electron chi connectivity index (χ3n) is 0.445. The number of hydrogen-bond donors (Lipinski definition) is 0. The van der Waals surface area contributed by atoms with Crippen molar-refractivity contribution >= 4 is 13.9 Å². The minimum Gasteiger partial charge on any atom is -0.363 e. The van der Waals surface area contributed by atoms with Gasteiger partial charge in [0, 0.05) is 0 Å². The first kappa shape index (κ1) is 11.1. The fraction of sp³-hybridized carbons (Fsp3) is 0.750. The minimum absolute atomic E-state index is 0. The van der Waals surface area contributed by atoms with E-state index >= 15 is 0 Å². The maximum absolute atomic E-state index is 8.01. The summed E-state index contributed by atoms with van der Waals surface area (Å²) in [5, 5.41) is 0. The molecule has 0 radical (unpaired) electrons. The molecule has 0 aliphatic carbocycles. The SMILES string of the molecule is C[Si](C)(C)C=[N+]=[N-].[Li+]. The van der Waals surface area contributed by atoms with E-state index in [1.807, 2.05) is 0 Å². The molecule has 0 spiro atoms. The zero-order valence-electron chi connectivity index (χ0n) is 5.97. The van der Waals surface area contributed by atoms with Gasteiger partial charge in [-0.25, -0.2) is 0 Å². The number of nitrogens with zero attached hydrogens (tertiary/aromatic N) is 2. The van der Waals surface area contributed by atoms with Crippen molar-refractivity contribution in [3.8, 4) is 0 Å². The molecule has 0 saturated heterocycles. The molecule has 0 atom stereocenters. The van der Waals surface area contributed by atoms with Crippen LogP contribution in [-0.4, -0.2) is 18.7 Å². The van der Waals surface area contributed by atoms with Gasteiger partial charge >= 0.3 is 18.9 Å². The fourth-order valence-corrected chi connectivity index (χ4v) is 0.520. The molecule has 4 heteroatoms. The number of rotatable bonds is 1. The summed E-state index contributed by atoms with van der Waals surface area (Å²) < 4.78 is 0. The Hall–Kier alpha value is 0.194. The predicted molar refractivity (Wildman–Crippen MR) is 33.0 cm³/mol. The molecular weight excluding hydrogens is 111 g/mol. The third kappa shape index (κ3) is 9.50. The smallest absolute Gasteiger partial charge is 0.363 e. The molecule has 0 unspecified atom stereocenters. The zero-order valence-corrected chi connectivity index (χ0v) is 6.97. The molecule has 40 valence electrons. The summed E-state index contributed by atoms with van der Waals surface area (Å²) in [6.07, 6.45) is 0. The summed E-state index contributed by atoms with van der Waals surface area (Å²) in [7, 11) is -1.20. The summed E-state index contributed by atoms with van der Waals surface area (Å²) in [5.41, 5.74) is 8.01. The molecule has 0 fully saturated rings. The Bertz CT molecular complexity index is 101. The van der Waals surface area contributed by atoms with Gasteiger partial charge < -0.3 is 5.53 Å². The van der Waals surface area contributed by atoms with Gasteiger partial charge in [-0.3, -0.25) is 0 Å². The van der Waals surface area contributed by atoms with Crippen LogP contribution in [0, 0.1) is 0 Å². The number of hydrogen-bond acceptors (Lipinski definition) is 0. The van der Waals surface area contributed by atoms with Crippen molar-refractivity contribution in [2.75, 3.05) is 0 Å². The molecule has 8 heavy (non-hydrogen) atoms. The Morgan fingerprint density at radius 2 is 1.75 bits per heavy atom. The van der Waals surface area contributed by atoms with E-state index in [9.17, 15) is 0 Å². The van der Waals surface area contributed by atoms with Crippen LogP contribution in [0.25, 0.3) is 5.53 Å². The molecule has 0 aliphatic rings. The van der Waals surface area contributed by atoms with Gasteiger partial charge in [0.25, 0.3) is 0 Å². The molecule has 0 aliphatic heterocycles. The van der Waals surface area contributed by atoms with E-state index in [2.05, 4.69) is 24.4 Å². The molecule has 0 amide bonds. The monoisotopic (exact) mass is 121 g/mol.